The minimum atomic E-state index is -2.53. The van der Waals surface area contributed by atoms with Crippen LogP contribution in [0.25, 0.3) is 0 Å². The second-order valence-corrected chi connectivity index (χ2v) is 19.8. The van der Waals surface area contributed by atoms with Gasteiger partial charge in [0.2, 0.25) is 17.7 Å². The number of unbranched alkanes of at least 4 members (excludes halogenated alkanes) is 2. The standard InChI is InChI=1S/C52H66N4O17/c1-8-9-12-21-36(59)56-41(31-17-13-10-14-18-31)42(63)48(66)70-33-23-52(67)46(72-47(65)32-19-15-11-16-20-32)44-50(7,45(64)43(69-29(3)57)40(28(33)2)49(52,5)6)34(22-35-51(44,27-68-35)73-30(4)58)71-39(62)26-55-38(61)25-54-37(60)24-53/h10-11,13-20,33-35,41-44,46,63,67H,8-9,12,21-27,53H2,1-7H3,(H,54,60)(H,55,61)(H,56,59)/t33-,34-,35?,41?,42-,43+,44?,46?,50+,51-,52+/m0/s1. The first-order chi connectivity index (χ1) is 34.5. The first kappa shape index (κ1) is 55.8. The maximum absolute atomic E-state index is 16.1. The molecule has 4 unspecified atom stereocenters. The highest BCUT2D eigenvalue weighted by atomic mass is 16.6. The van der Waals surface area contributed by atoms with E-state index in [9.17, 15) is 48.6 Å². The van der Waals surface area contributed by atoms with Gasteiger partial charge in [0.15, 0.2) is 23.6 Å². The quantitative estimate of drug-likeness (QED) is 0.0505. The first-order valence-corrected chi connectivity index (χ1v) is 24.3. The third kappa shape index (κ3) is 11.2. The molecule has 21 nitrogen and oxygen atoms in total. The van der Waals surface area contributed by atoms with Gasteiger partial charge >= 0.3 is 29.8 Å². The van der Waals surface area contributed by atoms with Crippen molar-refractivity contribution < 1.29 is 81.8 Å². The molecule has 11 atom stereocenters. The predicted molar refractivity (Wildman–Crippen MR) is 255 cm³/mol. The Morgan fingerprint density at radius 1 is 0.836 bits per heavy atom. The van der Waals surface area contributed by atoms with E-state index in [-0.39, 0.29) is 29.6 Å². The van der Waals surface area contributed by atoms with E-state index in [2.05, 4.69) is 16.0 Å². The number of rotatable bonds is 19. The number of fused-ring (bicyclic) bond motifs is 5. The van der Waals surface area contributed by atoms with Crippen LogP contribution in [-0.2, 0) is 66.8 Å². The van der Waals surface area contributed by atoms with Crippen molar-refractivity contribution in [3.05, 3.63) is 82.9 Å². The Hall–Kier alpha value is -6.55. The predicted octanol–water partition coefficient (Wildman–Crippen LogP) is 1.74. The number of Topliss-reactive ketones (excluding diaryl/α,β-unsaturated/α-hetero) is 1. The molecule has 0 aromatic heterocycles. The summed E-state index contributed by atoms with van der Waals surface area (Å²) in [6.07, 6.45) is -9.09. The van der Waals surface area contributed by atoms with Gasteiger partial charge in [-0.3, -0.25) is 33.6 Å². The second kappa shape index (κ2) is 22.7. The van der Waals surface area contributed by atoms with Crippen molar-refractivity contribution in [1.82, 2.24) is 16.0 Å². The van der Waals surface area contributed by atoms with Crippen LogP contribution < -0.4 is 21.7 Å². The SMILES string of the molecule is CCCCCC(=O)NC(c1ccccc1)[C@H](O)C(=O)O[C@H]1C[C@@]2(O)C(OC(=O)c3ccccc3)C3[C@]4(OC(C)=O)COC4C[C@H](OC(=O)CNC(=O)CNC(=O)CN)[C@@]3(C)C(=O)[C@H](OC(C)=O)C(=C1C)C2(C)C. The van der Waals surface area contributed by atoms with Crippen molar-refractivity contribution in [2.45, 2.75) is 141 Å². The number of ketones is 1. The minimum Gasteiger partial charge on any atom is -0.460 e. The molecule has 7 N–H and O–H groups in total. The van der Waals surface area contributed by atoms with Crippen LogP contribution in [-0.4, -0.2) is 138 Å². The Balaban J connectivity index is 1.53. The molecule has 0 radical (unpaired) electrons. The van der Waals surface area contributed by atoms with Crippen LogP contribution >= 0.6 is 0 Å². The molecule has 1 saturated heterocycles. The van der Waals surface area contributed by atoms with E-state index >= 15 is 4.79 Å². The summed E-state index contributed by atoms with van der Waals surface area (Å²) >= 11 is 0. The number of carbonyl (C=O) groups is 9. The van der Waals surface area contributed by atoms with Crippen molar-refractivity contribution in [1.29, 1.82) is 0 Å². The van der Waals surface area contributed by atoms with Crippen LogP contribution in [0.3, 0.4) is 0 Å². The van der Waals surface area contributed by atoms with Crippen molar-refractivity contribution in [2.75, 3.05) is 26.2 Å². The molecule has 2 aromatic carbocycles. The van der Waals surface area contributed by atoms with E-state index in [1.165, 1.54) is 39.8 Å². The summed E-state index contributed by atoms with van der Waals surface area (Å²) in [6, 6.07) is 14.6. The Morgan fingerprint density at radius 3 is 2.07 bits per heavy atom. The monoisotopic (exact) mass is 1020 g/mol. The molecule has 2 saturated carbocycles. The molecule has 0 spiro atoms. The van der Waals surface area contributed by atoms with E-state index in [1.807, 2.05) is 6.92 Å². The third-order valence-electron chi connectivity index (χ3n) is 14.8. The number of esters is 5. The second-order valence-electron chi connectivity index (χ2n) is 19.8. The minimum absolute atomic E-state index is 0.00513. The number of hydrogen-bond acceptors (Lipinski definition) is 18. The molecule has 21 heteroatoms. The van der Waals surface area contributed by atoms with Crippen LogP contribution in [0, 0.1) is 16.7 Å². The highest BCUT2D eigenvalue weighted by Gasteiger charge is 2.79. The van der Waals surface area contributed by atoms with Crippen molar-refractivity contribution in [3.8, 4) is 0 Å². The number of nitrogens with one attached hydrogen (secondary N) is 3. The lowest BCUT2D eigenvalue weighted by molar-refractivity contribution is -0.346. The fourth-order valence-electron chi connectivity index (χ4n) is 11.0. The Labute approximate surface area is 422 Å². The Morgan fingerprint density at radius 2 is 1.48 bits per heavy atom. The highest BCUT2D eigenvalue weighted by Crippen LogP contribution is 2.65. The average Bonchev–Trinajstić information content (AvgIpc) is 3.34. The smallest absolute Gasteiger partial charge is 0.338 e. The molecular weight excluding hydrogens is 953 g/mol. The summed E-state index contributed by atoms with van der Waals surface area (Å²) in [4.78, 5) is 123. The molecule has 6 rings (SSSR count). The van der Waals surface area contributed by atoms with Crippen molar-refractivity contribution in [2.24, 2.45) is 22.5 Å². The molecule has 1 aliphatic heterocycles. The summed E-state index contributed by atoms with van der Waals surface area (Å²) in [5, 5.41) is 33.2. The summed E-state index contributed by atoms with van der Waals surface area (Å²) in [5.41, 5.74) is -2.84. The molecule has 4 aliphatic rings. The lowest BCUT2D eigenvalue weighted by Gasteiger charge is -2.67. The zero-order valence-electron chi connectivity index (χ0n) is 42.1. The van der Waals surface area contributed by atoms with Crippen LogP contribution in [0.2, 0.25) is 0 Å². The summed E-state index contributed by atoms with van der Waals surface area (Å²) in [5.74, 6) is -9.78. The number of carbonyl (C=O) groups excluding carboxylic acids is 9. The molecule has 73 heavy (non-hydrogen) atoms. The normalized spacial score (nSPS) is 28.6. The molecule has 2 aromatic rings. The van der Waals surface area contributed by atoms with Gasteiger partial charge in [-0.1, -0.05) is 82.1 Å². The molecule has 1 heterocycles. The first-order valence-electron chi connectivity index (χ1n) is 24.3. The lowest BCUT2D eigenvalue weighted by atomic mass is 9.44. The zero-order valence-corrected chi connectivity index (χ0v) is 42.1. The van der Waals surface area contributed by atoms with Gasteiger partial charge < -0.3 is 60.3 Å². The van der Waals surface area contributed by atoms with Gasteiger partial charge in [-0.25, -0.2) is 9.59 Å². The van der Waals surface area contributed by atoms with Gasteiger partial charge in [-0.15, -0.1) is 0 Å². The van der Waals surface area contributed by atoms with Gasteiger partial charge in [0.25, 0.3) is 0 Å². The molecule has 2 bridgehead atoms. The molecule has 3 aliphatic carbocycles. The molecular formula is C52H66N4O17. The van der Waals surface area contributed by atoms with Crippen LogP contribution in [0.15, 0.2) is 71.8 Å². The van der Waals surface area contributed by atoms with Crippen LogP contribution in [0.1, 0.15) is 109 Å². The number of aliphatic hydroxyl groups excluding tert-OH is 1. The van der Waals surface area contributed by atoms with Gasteiger partial charge in [-0.2, -0.15) is 0 Å². The number of benzene rings is 2. The van der Waals surface area contributed by atoms with E-state index in [1.54, 1.807) is 48.5 Å². The third-order valence-corrected chi connectivity index (χ3v) is 14.8. The number of amides is 3. The molecule has 3 fully saturated rings. The van der Waals surface area contributed by atoms with E-state index in [0.29, 0.717) is 12.0 Å². The maximum atomic E-state index is 16.1. The topological polar surface area (TPSA) is 312 Å². The van der Waals surface area contributed by atoms with Crippen molar-refractivity contribution in [3.63, 3.8) is 0 Å². The van der Waals surface area contributed by atoms with Gasteiger partial charge in [0, 0.05) is 38.5 Å². The largest absolute Gasteiger partial charge is 0.460 e. The summed E-state index contributed by atoms with van der Waals surface area (Å²) in [7, 11) is 0. The van der Waals surface area contributed by atoms with E-state index in [4.69, 9.17) is 34.2 Å². The number of hydrogen-bond donors (Lipinski definition) is 6. The van der Waals surface area contributed by atoms with Gasteiger partial charge in [0.05, 0.1) is 42.6 Å². The maximum Gasteiger partial charge on any atom is 0.338 e. The highest BCUT2D eigenvalue weighted by molar-refractivity contribution is 5.96. The van der Waals surface area contributed by atoms with Crippen molar-refractivity contribution >= 4 is 53.4 Å². The van der Waals surface area contributed by atoms with E-state index in [0.717, 1.165) is 26.7 Å². The Bertz CT molecular complexity index is 2480. The fraction of sp³-hybridized carbons (Fsp3) is 0.558. The summed E-state index contributed by atoms with van der Waals surface area (Å²) < 4.78 is 36.9. The molecule has 3 amide bonds. The van der Waals surface area contributed by atoms with Gasteiger partial charge in [0.1, 0.15) is 36.6 Å². The number of ether oxygens (including phenoxy) is 6. The zero-order chi connectivity index (χ0) is 53.6. The fourth-order valence-corrected chi connectivity index (χ4v) is 11.0. The number of nitrogens with two attached hydrogens (primary N) is 1. The number of aliphatic hydroxyl groups is 2. The average molecular weight is 1020 g/mol. The van der Waals surface area contributed by atoms with Crippen LogP contribution in [0.4, 0.5) is 0 Å². The lowest BCUT2D eigenvalue weighted by Crippen LogP contribution is -2.82. The molecule has 396 valence electrons. The van der Waals surface area contributed by atoms with Gasteiger partial charge in [-0.05, 0) is 49.1 Å². The Kier molecular flexibility index (Phi) is 17.3. The van der Waals surface area contributed by atoms with E-state index < -0.39 is 157 Å². The summed E-state index contributed by atoms with van der Waals surface area (Å²) in [6.45, 7) is 7.83. The van der Waals surface area contributed by atoms with Crippen LogP contribution in [0.5, 0.6) is 0 Å².